The van der Waals surface area contributed by atoms with Crippen LogP contribution in [0.4, 0.5) is 0 Å². The maximum atomic E-state index is 12.7. The number of halogens is 1. The lowest BCUT2D eigenvalue weighted by Crippen LogP contribution is -2.17. The highest BCUT2D eigenvalue weighted by molar-refractivity contribution is 6.43. The highest BCUT2D eigenvalue weighted by atomic mass is 35.5. The predicted octanol–water partition coefficient (Wildman–Crippen LogP) is 5.76. The Labute approximate surface area is 179 Å². The number of nitrogens with zero attached hydrogens (tertiary/aromatic N) is 1. The zero-order valence-corrected chi connectivity index (χ0v) is 17.2. The summed E-state index contributed by atoms with van der Waals surface area (Å²) in [7, 11) is 0. The van der Waals surface area contributed by atoms with Crippen LogP contribution in [0.2, 0.25) is 5.02 Å². The van der Waals surface area contributed by atoms with Gasteiger partial charge >= 0.3 is 5.97 Å². The van der Waals surface area contributed by atoms with E-state index in [1.165, 1.54) is 0 Å². The average molecular weight is 418 g/mol. The van der Waals surface area contributed by atoms with Crippen LogP contribution in [0.3, 0.4) is 0 Å². The zero-order chi connectivity index (χ0) is 21.1. The fraction of sp³-hybridized carbons (Fsp3) is 0.120. The van der Waals surface area contributed by atoms with Gasteiger partial charge in [0.2, 0.25) is 0 Å². The number of esters is 1. The van der Waals surface area contributed by atoms with Crippen LogP contribution in [0.1, 0.15) is 22.8 Å². The van der Waals surface area contributed by atoms with Gasteiger partial charge in [0.1, 0.15) is 0 Å². The van der Waals surface area contributed by atoms with Crippen molar-refractivity contribution < 1.29 is 14.3 Å². The van der Waals surface area contributed by atoms with Gasteiger partial charge in [0.15, 0.2) is 0 Å². The molecule has 0 aliphatic heterocycles. The summed E-state index contributed by atoms with van der Waals surface area (Å²) in [5.74, 6) is -1.47. The Balaban J connectivity index is 1.85. The summed E-state index contributed by atoms with van der Waals surface area (Å²) in [6.45, 7) is 2.42. The van der Waals surface area contributed by atoms with Gasteiger partial charge in [-0.2, -0.15) is 0 Å². The first-order chi connectivity index (χ1) is 14.6. The molecule has 5 heteroatoms. The van der Waals surface area contributed by atoms with Crippen LogP contribution in [0, 0.1) is 0 Å². The Bertz CT molecular complexity index is 1230. The quantitative estimate of drug-likeness (QED) is 0.228. The van der Waals surface area contributed by atoms with E-state index in [0.717, 1.165) is 27.6 Å². The molecule has 3 aromatic carbocycles. The molecule has 0 bridgehead atoms. The second-order valence-corrected chi connectivity index (χ2v) is 7.38. The molecule has 0 aliphatic carbocycles. The largest absolute Gasteiger partial charge is 0.460 e. The van der Waals surface area contributed by atoms with Crippen molar-refractivity contribution in [2.75, 3.05) is 6.61 Å². The van der Waals surface area contributed by atoms with Crippen LogP contribution in [0.25, 0.3) is 22.0 Å². The number of hydrogen-bond acceptors (Lipinski definition) is 3. The van der Waals surface area contributed by atoms with Gasteiger partial charge < -0.3 is 9.30 Å². The molecule has 0 aliphatic rings. The third-order valence-electron chi connectivity index (χ3n) is 4.94. The molecule has 0 spiro atoms. The fourth-order valence-corrected chi connectivity index (χ4v) is 3.73. The van der Waals surface area contributed by atoms with E-state index in [9.17, 15) is 9.59 Å². The number of hydrogen-bond donors (Lipinski definition) is 0. The van der Waals surface area contributed by atoms with Gasteiger partial charge in [-0.25, -0.2) is 4.79 Å². The molecule has 150 valence electrons. The summed E-state index contributed by atoms with van der Waals surface area (Å²) in [5, 5.41) is 1.38. The number of carbonyl (C=O) groups is 2. The van der Waals surface area contributed by atoms with E-state index in [-0.39, 0.29) is 6.61 Å². The Morgan fingerprint density at radius 3 is 2.43 bits per heavy atom. The van der Waals surface area contributed by atoms with E-state index in [4.69, 9.17) is 16.3 Å². The molecule has 1 aromatic heterocycles. The number of aromatic nitrogens is 1. The van der Waals surface area contributed by atoms with Crippen LogP contribution in [0.5, 0.6) is 0 Å². The van der Waals surface area contributed by atoms with Crippen molar-refractivity contribution in [1.82, 2.24) is 4.57 Å². The van der Waals surface area contributed by atoms with E-state index in [2.05, 4.69) is 0 Å². The van der Waals surface area contributed by atoms with Crippen LogP contribution >= 0.6 is 11.6 Å². The van der Waals surface area contributed by atoms with E-state index >= 15 is 0 Å². The van der Waals surface area contributed by atoms with Gasteiger partial charge in [-0.05, 0) is 41.8 Å². The molecule has 4 aromatic rings. The van der Waals surface area contributed by atoms with E-state index in [1.807, 2.05) is 77.4 Å². The van der Waals surface area contributed by atoms with Crippen molar-refractivity contribution in [3.8, 4) is 11.1 Å². The summed E-state index contributed by atoms with van der Waals surface area (Å²) in [6, 6.07) is 23.4. The molecule has 0 fully saturated rings. The van der Waals surface area contributed by atoms with Crippen LogP contribution < -0.4 is 0 Å². The number of benzene rings is 3. The van der Waals surface area contributed by atoms with Crippen LogP contribution in [-0.2, 0) is 16.1 Å². The fourth-order valence-electron chi connectivity index (χ4n) is 3.54. The maximum absolute atomic E-state index is 12.7. The van der Waals surface area contributed by atoms with E-state index in [1.54, 1.807) is 13.1 Å². The van der Waals surface area contributed by atoms with Crippen LogP contribution in [0.15, 0.2) is 79.0 Å². The Morgan fingerprint density at radius 1 is 0.933 bits per heavy atom. The van der Waals surface area contributed by atoms with E-state index < -0.39 is 11.8 Å². The molecular formula is C25H20ClNO3. The van der Waals surface area contributed by atoms with Crippen molar-refractivity contribution in [3.05, 3.63) is 95.1 Å². The first kappa shape index (κ1) is 19.9. The van der Waals surface area contributed by atoms with Crippen molar-refractivity contribution in [2.45, 2.75) is 13.5 Å². The second-order valence-electron chi connectivity index (χ2n) is 6.95. The van der Waals surface area contributed by atoms with Gasteiger partial charge in [0.25, 0.3) is 5.78 Å². The summed E-state index contributed by atoms with van der Waals surface area (Å²) >= 11 is 6.16. The molecule has 0 amide bonds. The number of ketones is 1. The molecule has 0 N–H and O–H groups in total. The van der Waals surface area contributed by atoms with E-state index in [0.29, 0.717) is 17.1 Å². The minimum absolute atomic E-state index is 0.159. The molecule has 30 heavy (non-hydrogen) atoms. The van der Waals surface area contributed by atoms with Gasteiger partial charge in [0.05, 0.1) is 12.2 Å². The van der Waals surface area contributed by atoms with Crippen LogP contribution in [-0.4, -0.2) is 22.9 Å². The standard InChI is InChI=1S/C25H20ClNO3/c1-2-30-25(29)24(28)22-16-27(15-17-7-4-3-5-8-17)23-14-19(11-12-21(22)23)18-9-6-10-20(26)13-18/h3-14,16H,2,15H2,1H3. The summed E-state index contributed by atoms with van der Waals surface area (Å²) in [5.41, 5.74) is 4.27. The normalized spacial score (nSPS) is 10.9. The first-order valence-corrected chi connectivity index (χ1v) is 10.1. The molecule has 0 atom stereocenters. The highest BCUT2D eigenvalue weighted by Crippen LogP contribution is 2.30. The first-order valence-electron chi connectivity index (χ1n) is 9.71. The second kappa shape index (κ2) is 8.56. The lowest BCUT2D eigenvalue weighted by molar-refractivity contribution is -0.137. The maximum Gasteiger partial charge on any atom is 0.379 e. The highest BCUT2D eigenvalue weighted by Gasteiger charge is 2.23. The minimum atomic E-state index is -0.838. The SMILES string of the molecule is CCOC(=O)C(=O)c1cn(Cc2ccccc2)c2cc(-c3cccc(Cl)c3)ccc12. The zero-order valence-electron chi connectivity index (χ0n) is 16.5. The number of ether oxygens (including phenoxy) is 1. The third kappa shape index (κ3) is 4.00. The molecule has 0 saturated carbocycles. The van der Waals surface area contributed by atoms with Crippen molar-refractivity contribution >= 4 is 34.3 Å². The summed E-state index contributed by atoms with van der Waals surface area (Å²) < 4.78 is 6.92. The monoisotopic (exact) mass is 417 g/mol. The third-order valence-corrected chi connectivity index (χ3v) is 5.18. The Morgan fingerprint density at radius 2 is 1.70 bits per heavy atom. The van der Waals surface area contributed by atoms with Gasteiger partial charge in [0, 0.05) is 28.7 Å². The van der Waals surface area contributed by atoms with Crippen molar-refractivity contribution in [1.29, 1.82) is 0 Å². The van der Waals surface area contributed by atoms with Crippen molar-refractivity contribution in [3.63, 3.8) is 0 Å². The predicted molar refractivity (Wildman–Crippen MR) is 119 cm³/mol. The lowest BCUT2D eigenvalue weighted by atomic mass is 10.0. The van der Waals surface area contributed by atoms with Crippen molar-refractivity contribution in [2.24, 2.45) is 0 Å². The lowest BCUT2D eigenvalue weighted by Gasteiger charge is -2.08. The number of Topliss-reactive ketones (excluding diaryl/α,β-unsaturated/α-hetero) is 1. The van der Waals surface area contributed by atoms with Gasteiger partial charge in [-0.15, -0.1) is 0 Å². The Hall–Kier alpha value is -3.37. The topological polar surface area (TPSA) is 48.3 Å². The number of fused-ring (bicyclic) bond motifs is 1. The van der Waals surface area contributed by atoms with Gasteiger partial charge in [-0.3, -0.25) is 4.79 Å². The molecule has 1 heterocycles. The molecule has 0 radical (unpaired) electrons. The Kier molecular flexibility index (Phi) is 5.68. The molecule has 0 unspecified atom stereocenters. The van der Waals surface area contributed by atoms with Gasteiger partial charge in [-0.1, -0.05) is 66.2 Å². The minimum Gasteiger partial charge on any atom is -0.460 e. The smallest absolute Gasteiger partial charge is 0.379 e. The average Bonchev–Trinajstić information content (AvgIpc) is 3.11. The molecular weight excluding hydrogens is 398 g/mol. The number of rotatable bonds is 6. The summed E-state index contributed by atoms with van der Waals surface area (Å²) in [6.07, 6.45) is 1.73. The summed E-state index contributed by atoms with van der Waals surface area (Å²) in [4.78, 5) is 24.8. The molecule has 4 rings (SSSR count). The number of carbonyl (C=O) groups excluding carboxylic acids is 2. The molecule has 0 saturated heterocycles. The molecule has 4 nitrogen and oxygen atoms in total.